The normalized spacial score (nSPS) is 20.1. The van der Waals surface area contributed by atoms with E-state index in [0.717, 1.165) is 11.9 Å². The van der Waals surface area contributed by atoms with E-state index in [4.69, 9.17) is 5.11 Å². The molecule has 0 aromatic heterocycles. The highest BCUT2D eigenvalue weighted by Crippen LogP contribution is 2.34. The lowest BCUT2D eigenvalue weighted by Crippen LogP contribution is -2.53. The summed E-state index contributed by atoms with van der Waals surface area (Å²) < 4.78 is 52.6. The molecule has 1 amide bonds. The maximum Gasteiger partial charge on any atom is 0.407 e. The molecule has 0 bridgehead atoms. The molecular formula is C19H27F2N3O4S. The number of carbonyl (C=O) groups is 1. The van der Waals surface area contributed by atoms with Gasteiger partial charge in [0.05, 0.1) is 11.4 Å². The van der Waals surface area contributed by atoms with Crippen LogP contribution in [0.5, 0.6) is 0 Å². The average Bonchev–Trinajstić information content (AvgIpc) is 2.68. The first kappa shape index (κ1) is 21.8. The zero-order valence-corrected chi connectivity index (χ0v) is 17.2. The molecule has 2 aliphatic rings. The Bertz CT molecular complexity index is 816. The fourth-order valence-corrected chi connectivity index (χ4v) is 4.62. The minimum absolute atomic E-state index is 0.160. The number of hydrogen-bond donors (Lipinski definition) is 1. The Morgan fingerprint density at radius 1 is 1.07 bits per heavy atom. The third-order valence-corrected chi connectivity index (χ3v) is 6.93. The molecular weight excluding hydrogens is 404 g/mol. The topological polar surface area (TPSA) is 81.2 Å². The summed E-state index contributed by atoms with van der Waals surface area (Å²) in [5.74, 6) is -3.64. The number of nitrogens with zero attached hydrogens (tertiary/aromatic N) is 3. The van der Waals surface area contributed by atoms with Gasteiger partial charge in [0.2, 0.25) is 0 Å². The van der Waals surface area contributed by atoms with Gasteiger partial charge in [0.25, 0.3) is 5.92 Å². The molecule has 2 heterocycles. The van der Waals surface area contributed by atoms with Gasteiger partial charge >= 0.3 is 6.09 Å². The van der Waals surface area contributed by atoms with Crippen LogP contribution in [-0.2, 0) is 9.84 Å². The number of piperazine rings is 1. The van der Waals surface area contributed by atoms with Crippen LogP contribution < -0.4 is 4.90 Å². The second-order valence-corrected chi connectivity index (χ2v) is 9.85. The molecule has 2 saturated heterocycles. The van der Waals surface area contributed by atoms with Gasteiger partial charge in [0.15, 0.2) is 9.84 Å². The van der Waals surface area contributed by atoms with Gasteiger partial charge in [-0.3, -0.25) is 4.90 Å². The number of likely N-dealkylation sites (tertiary alicyclic amines) is 1. The maximum atomic E-state index is 14.7. The summed E-state index contributed by atoms with van der Waals surface area (Å²) in [5.41, 5.74) is 0.879. The smallest absolute Gasteiger partial charge is 0.407 e. The van der Waals surface area contributed by atoms with Crippen LogP contribution in [0.4, 0.5) is 19.3 Å². The number of alkyl halides is 2. The third kappa shape index (κ3) is 5.36. The molecule has 0 radical (unpaired) electrons. The summed E-state index contributed by atoms with van der Waals surface area (Å²) in [5, 5.41) is 8.96. The van der Waals surface area contributed by atoms with E-state index in [1.54, 1.807) is 29.2 Å². The fraction of sp³-hybridized carbons (Fsp3) is 0.632. The van der Waals surface area contributed by atoms with E-state index in [2.05, 4.69) is 4.90 Å². The lowest BCUT2D eigenvalue weighted by molar-refractivity contribution is -0.0976. The van der Waals surface area contributed by atoms with Crippen LogP contribution in [0.1, 0.15) is 12.8 Å². The molecule has 29 heavy (non-hydrogen) atoms. The van der Waals surface area contributed by atoms with Crippen molar-refractivity contribution in [3.8, 4) is 0 Å². The molecule has 162 valence electrons. The number of amides is 1. The molecule has 10 heteroatoms. The lowest BCUT2D eigenvalue weighted by atomic mass is 9.90. The molecule has 1 N–H and O–H groups in total. The predicted molar refractivity (Wildman–Crippen MR) is 105 cm³/mol. The van der Waals surface area contributed by atoms with Crippen molar-refractivity contribution in [1.82, 2.24) is 9.80 Å². The van der Waals surface area contributed by atoms with Gasteiger partial charge in [-0.1, -0.05) is 0 Å². The number of carboxylic acid groups (broad SMARTS) is 1. The SMILES string of the molecule is CS(=O)(=O)c1ccc(N2CCN(CC(F)(F)C3CCN(C(=O)O)CC3)CC2)cc1. The van der Waals surface area contributed by atoms with E-state index >= 15 is 0 Å². The van der Waals surface area contributed by atoms with Crippen molar-refractivity contribution in [2.75, 3.05) is 57.0 Å². The summed E-state index contributed by atoms with van der Waals surface area (Å²) >= 11 is 0. The van der Waals surface area contributed by atoms with Gasteiger partial charge < -0.3 is 14.9 Å². The predicted octanol–water partition coefficient (Wildman–Crippen LogP) is 2.24. The Kier molecular flexibility index (Phi) is 6.33. The first-order chi connectivity index (χ1) is 13.6. The van der Waals surface area contributed by atoms with Crippen molar-refractivity contribution in [1.29, 1.82) is 0 Å². The number of benzene rings is 1. The van der Waals surface area contributed by atoms with Crippen molar-refractivity contribution < 1.29 is 27.1 Å². The monoisotopic (exact) mass is 431 g/mol. The van der Waals surface area contributed by atoms with Crippen LogP contribution in [0, 0.1) is 5.92 Å². The summed E-state index contributed by atoms with van der Waals surface area (Å²) in [6.45, 7) is 2.18. The van der Waals surface area contributed by atoms with Gasteiger partial charge in [-0.2, -0.15) is 0 Å². The molecule has 2 fully saturated rings. The van der Waals surface area contributed by atoms with Crippen LogP contribution in [0.25, 0.3) is 0 Å². The van der Waals surface area contributed by atoms with Crippen molar-refractivity contribution in [2.24, 2.45) is 5.92 Å². The number of anilines is 1. The average molecular weight is 432 g/mol. The highest BCUT2D eigenvalue weighted by Gasteiger charge is 2.43. The molecule has 0 spiro atoms. The van der Waals surface area contributed by atoms with Crippen molar-refractivity contribution in [3.05, 3.63) is 24.3 Å². The fourth-order valence-electron chi connectivity index (χ4n) is 3.99. The van der Waals surface area contributed by atoms with Crippen molar-refractivity contribution in [3.63, 3.8) is 0 Å². The second-order valence-electron chi connectivity index (χ2n) is 7.83. The van der Waals surface area contributed by atoms with Gasteiger partial charge in [-0.25, -0.2) is 22.0 Å². The summed E-state index contributed by atoms with van der Waals surface area (Å²) in [4.78, 5) is 16.2. The van der Waals surface area contributed by atoms with Crippen molar-refractivity contribution in [2.45, 2.75) is 23.7 Å². The Morgan fingerprint density at radius 2 is 1.62 bits per heavy atom. The minimum Gasteiger partial charge on any atom is -0.465 e. The summed E-state index contributed by atoms with van der Waals surface area (Å²) in [6.07, 6.45) is 0.483. The van der Waals surface area contributed by atoms with Crippen LogP contribution in [0.3, 0.4) is 0 Å². The highest BCUT2D eigenvalue weighted by atomic mass is 32.2. The zero-order valence-electron chi connectivity index (χ0n) is 16.4. The molecule has 0 unspecified atom stereocenters. The molecule has 0 atom stereocenters. The molecule has 2 aliphatic heterocycles. The quantitative estimate of drug-likeness (QED) is 0.770. The van der Waals surface area contributed by atoms with Crippen LogP contribution in [0.15, 0.2) is 29.2 Å². The Labute approximate surface area is 169 Å². The van der Waals surface area contributed by atoms with Gasteiger partial charge in [0.1, 0.15) is 0 Å². The Balaban J connectivity index is 1.51. The van der Waals surface area contributed by atoms with E-state index in [1.807, 2.05) is 0 Å². The van der Waals surface area contributed by atoms with Crippen LogP contribution >= 0.6 is 0 Å². The molecule has 3 rings (SSSR count). The Morgan fingerprint density at radius 3 is 2.10 bits per heavy atom. The van der Waals surface area contributed by atoms with Crippen LogP contribution in [0.2, 0.25) is 0 Å². The highest BCUT2D eigenvalue weighted by molar-refractivity contribution is 7.90. The zero-order chi connectivity index (χ0) is 21.2. The lowest BCUT2D eigenvalue weighted by Gasteiger charge is -2.40. The maximum absolute atomic E-state index is 14.7. The molecule has 1 aromatic carbocycles. The Hall–Kier alpha value is -1.94. The van der Waals surface area contributed by atoms with E-state index < -0.39 is 27.8 Å². The second kappa shape index (κ2) is 8.43. The van der Waals surface area contributed by atoms with Gasteiger partial charge in [0, 0.05) is 57.1 Å². The number of halogens is 2. The molecule has 0 saturated carbocycles. The first-order valence-electron chi connectivity index (χ1n) is 9.69. The van der Waals surface area contributed by atoms with Gasteiger partial charge in [-0.05, 0) is 37.1 Å². The van der Waals surface area contributed by atoms with E-state index in [1.165, 1.54) is 4.90 Å². The molecule has 1 aromatic rings. The third-order valence-electron chi connectivity index (χ3n) is 5.80. The van der Waals surface area contributed by atoms with E-state index in [9.17, 15) is 22.0 Å². The number of hydrogen-bond acceptors (Lipinski definition) is 5. The largest absolute Gasteiger partial charge is 0.465 e. The van der Waals surface area contributed by atoms with Crippen molar-refractivity contribution >= 4 is 21.6 Å². The van der Waals surface area contributed by atoms with Gasteiger partial charge in [-0.15, -0.1) is 0 Å². The number of sulfone groups is 1. The van der Waals surface area contributed by atoms with E-state index in [0.29, 0.717) is 26.2 Å². The summed E-state index contributed by atoms with van der Waals surface area (Å²) in [7, 11) is -3.24. The van der Waals surface area contributed by atoms with E-state index in [-0.39, 0.29) is 37.4 Å². The minimum atomic E-state index is -3.24. The summed E-state index contributed by atoms with van der Waals surface area (Å²) in [6, 6.07) is 6.62. The number of rotatable bonds is 5. The van der Waals surface area contributed by atoms with Crippen LogP contribution in [-0.4, -0.2) is 87.4 Å². The molecule has 7 nitrogen and oxygen atoms in total. The standard InChI is InChI=1S/C19H27F2N3O4S/c1-29(27,28)17-4-2-16(3-5-17)23-12-10-22(11-13-23)14-19(20,21)15-6-8-24(9-7-15)18(25)26/h2-5,15H,6-14H2,1H3,(H,25,26). The first-order valence-corrected chi connectivity index (χ1v) is 11.6. The molecule has 0 aliphatic carbocycles. The number of piperidine rings is 1.